The molecule has 0 aliphatic carbocycles. The third-order valence-corrected chi connectivity index (χ3v) is 3.54. The molecule has 0 atom stereocenters. The summed E-state index contributed by atoms with van der Waals surface area (Å²) in [4.78, 5) is 26.3. The topological polar surface area (TPSA) is 149 Å². The monoisotopic (exact) mass is 321 g/mol. The van der Waals surface area contributed by atoms with E-state index in [4.69, 9.17) is 15.9 Å². The Hall–Kier alpha value is -2.58. The van der Waals surface area contributed by atoms with E-state index in [2.05, 4.69) is 10.3 Å². The van der Waals surface area contributed by atoms with Gasteiger partial charge in [0.1, 0.15) is 11.4 Å². The lowest BCUT2D eigenvalue weighted by Gasteiger charge is -2.13. The minimum Gasteiger partial charge on any atom is -0.508 e. The molecule has 0 unspecified atom stereocenters. The number of primary amides is 1. The SMILES string of the molecule is NC(=O)c1[nH]c2ccc(O)cc2c1CCC(=O)NC(CO)CO. The molecule has 124 valence electrons. The van der Waals surface area contributed by atoms with E-state index in [0.717, 1.165) is 0 Å². The largest absolute Gasteiger partial charge is 0.508 e. The van der Waals surface area contributed by atoms with Crippen molar-refractivity contribution in [2.75, 3.05) is 13.2 Å². The summed E-state index contributed by atoms with van der Waals surface area (Å²) in [5.74, 6) is -0.985. The number of carbonyl (C=O) groups is 2. The predicted octanol–water partition coefficient (Wildman–Crippen LogP) is -0.626. The number of aromatic amines is 1. The molecule has 1 aromatic carbocycles. The van der Waals surface area contributed by atoms with Crippen molar-refractivity contribution in [1.29, 1.82) is 0 Å². The van der Waals surface area contributed by atoms with Crippen LogP contribution in [0, 0.1) is 0 Å². The molecule has 23 heavy (non-hydrogen) atoms. The quantitative estimate of drug-likeness (QED) is 0.402. The number of H-pyrrole nitrogens is 1. The molecule has 2 amide bonds. The number of aryl methyl sites for hydroxylation is 1. The number of phenols is 1. The van der Waals surface area contributed by atoms with Gasteiger partial charge >= 0.3 is 0 Å². The molecule has 0 radical (unpaired) electrons. The zero-order valence-electron chi connectivity index (χ0n) is 12.4. The molecule has 1 aromatic heterocycles. The van der Waals surface area contributed by atoms with Gasteiger partial charge < -0.3 is 31.4 Å². The minimum absolute atomic E-state index is 0.0406. The van der Waals surface area contributed by atoms with Crippen LogP contribution < -0.4 is 11.1 Å². The number of aliphatic hydroxyl groups is 2. The normalized spacial score (nSPS) is 11.1. The van der Waals surface area contributed by atoms with E-state index in [1.165, 1.54) is 12.1 Å². The Morgan fingerprint density at radius 2 is 1.96 bits per heavy atom. The summed E-state index contributed by atoms with van der Waals surface area (Å²) in [5, 5.41) is 30.6. The van der Waals surface area contributed by atoms with E-state index in [9.17, 15) is 14.7 Å². The number of benzene rings is 1. The van der Waals surface area contributed by atoms with Gasteiger partial charge in [0.2, 0.25) is 5.91 Å². The van der Waals surface area contributed by atoms with Crippen LogP contribution in [0.25, 0.3) is 10.9 Å². The fourth-order valence-electron chi connectivity index (χ4n) is 2.39. The van der Waals surface area contributed by atoms with Crippen molar-refractivity contribution in [2.45, 2.75) is 18.9 Å². The molecule has 0 saturated carbocycles. The Labute approximate surface area is 131 Å². The Kier molecular flexibility index (Phi) is 5.20. The number of hydrogen-bond donors (Lipinski definition) is 6. The van der Waals surface area contributed by atoms with Crippen LogP contribution in [0.4, 0.5) is 0 Å². The maximum absolute atomic E-state index is 11.8. The maximum Gasteiger partial charge on any atom is 0.265 e. The number of aromatic hydroxyl groups is 1. The molecule has 7 N–H and O–H groups in total. The van der Waals surface area contributed by atoms with Gasteiger partial charge in [0, 0.05) is 17.3 Å². The second-order valence-electron chi connectivity index (χ2n) is 5.20. The zero-order chi connectivity index (χ0) is 17.0. The van der Waals surface area contributed by atoms with Crippen LogP contribution in [0.5, 0.6) is 5.75 Å². The van der Waals surface area contributed by atoms with E-state index >= 15 is 0 Å². The summed E-state index contributed by atoms with van der Waals surface area (Å²) in [6.45, 7) is -0.731. The van der Waals surface area contributed by atoms with Crippen molar-refractivity contribution in [3.8, 4) is 5.75 Å². The van der Waals surface area contributed by atoms with Crippen LogP contribution in [0.15, 0.2) is 18.2 Å². The van der Waals surface area contributed by atoms with E-state index in [0.29, 0.717) is 16.5 Å². The molecule has 2 aromatic rings. The predicted molar refractivity (Wildman–Crippen MR) is 82.9 cm³/mol. The van der Waals surface area contributed by atoms with Crippen LogP contribution in [0.1, 0.15) is 22.5 Å². The molecule has 0 saturated heterocycles. The van der Waals surface area contributed by atoms with E-state index < -0.39 is 11.9 Å². The number of amides is 2. The number of aliphatic hydroxyl groups excluding tert-OH is 2. The van der Waals surface area contributed by atoms with Crippen LogP contribution in [0.2, 0.25) is 0 Å². The summed E-state index contributed by atoms with van der Waals surface area (Å²) >= 11 is 0. The molecular formula is C15H19N3O5. The van der Waals surface area contributed by atoms with Crippen LogP contribution in [0.3, 0.4) is 0 Å². The first-order valence-electron chi connectivity index (χ1n) is 7.10. The van der Waals surface area contributed by atoms with Crippen molar-refractivity contribution >= 4 is 22.7 Å². The van der Waals surface area contributed by atoms with E-state index in [1.54, 1.807) is 6.07 Å². The minimum atomic E-state index is -0.717. The highest BCUT2D eigenvalue weighted by Gasteiger charge is 2.18. The number of hydrogen-bond acceptors (Lipinski definition) is 5. The van der Waals surface area contributed by atoms with Gasteiger partial charge in [-0.05, 0) is 30.2 Å². The Morgan fingerprint density at radius 3 is 2.57 bits per heavy atom. The van der Waals surface area contributed by atoms with Crippen LogP contribution >= 0.6 is 0 Å². The third-order valence-electron chi connectivity index (χ3n) is 3.54. The van der Waals surface area contributed by atoms with Crippen molar-refractivity contribution in [2.24, 2.45) is 5.73 Å². The number of fused-ring (bicyclic) bond motifs is 1. The zero-order valence-corrected chi connectivity index (χ0v) is 12.4. The molecule has 8 nitrogen and oxygen atoms in total. The highest BCUT2D eigenvalue weighted by molar-refractivity contribution is 6.00. The average molecular weight is 321 g/mol. The van der Waals surface area contributed by atoms with Crippen LogP contribution in [-0.4, -0.2) is 51.4 Å². The fourth-order valence-corrected chi connectivity index (χ4v) is 2.39. The van der Waals surface area contributed by atoms with Crippen LogP contribution in [-0.2, 0) is 11.2 Å². The number of carbonyl (C=O) groups excluding carboxylic acids is 2. The number of nitrogens with one attached hydrogen (secondary N) is 2. The summed E-state index contributed by atoms with van der Waals surface area (Å²) in [6, 6.07) is 3.88. The summed E-state index contributed by atoms with van der Waals surface area (Å²) in [6.07, 6.45) is 0.260. The highest BCUT2D eigenvalue weighted by atomic mass is 16.3. The molecule has 0 aliphatic heterocycles. The van der Waals surface area contributed by atoms with Crippen molar-refractivity contribution in [3.63, 3.8) is 0 Å². The van der Waals surface area contributed by atoms with Gasteiger partial charge in [0.05, 0.1) is 19.3 Å². The van der Waals surface area contributed by atoms with Crippen molar-refractivity contribution in [3.05, 3.63) is 29.5 Å². The van der Waals surface area contributed by atoms with Gasteiger partial charge in [0.15, 0.2) is 0 Å². The highest BCUT2D eigenvalue weighted by Crippen LogP contribution is 2.27. The first-order valence-corrected chi connectivity index (χ1v) is 7.10. The number of rotatable bonds is 7. The lowest BCUT2D eigenvalue weighted by Crippen LogP contribution is -2.40. The maximum atomic E-state index is 11.8. The Balaban J connectivity index is 2.21. The molecule has 8 heteroatoms. The molecule has 2 rings (SSSR count). The van der Waals surface area contributed by atoms with Gasteiger partial charge in [-0.2, -0.15) is 0 Å². The second-order valence-corrected chi connectivity index (χ2v) is 5.20. The number of phenolic OH excluding ortho intramolecular Hbond substituents is 1. The second kappa shape index (κ2) is 7.12. The average Bonchev–Trinajstić information content (AvgIpc) is 2.88. The number of aromatic nitrogens is 1. The molecule has 0 bridgehead atoms. The van der Waals surface area contributed by atoms with E-state index in [-0.39, 0.29) is 43.4 Å². The molecule has 0 aliphatic rings. The Morgan fingerprint density at radius 1 is 1.26 bits per heavy atom. The van der Waals surface area contributed by atoms with Crippen molar-refractivity contribution < 1.29 is 24.9 Å². The fraction of sp³-hybridized carbons (Fsp3) is 0.333. The first kappa shape index (κ1) is 16.8. The molecule has 0 fully saturated rings. The van der Waals surface area contributed by atoms with Gasteiger partial charge in [-0.15, -0.1) is 0 Å². The lowest BCUT2D eigenvalue weighted by molar-refractivity contribution is -0.122. The number of nitrogens with two attached hydrogens (primary N) is 1. The van der Waals surface area contributed by atoms with E-state index in [1.807, 2.05) is 0 Å². The van der Waals surface area contributed by atoms with Gasteiger partial charge in [-0.1, -0.05) is 0 Å². The van der Waals surface area contributed by atoms with Gasteiger partial charge in [0.25, 0.3) is 5.91 Å². The molecular weight excluding hydrogens is 302 g/mol. The van der Waals surface area contributed by atoms with Crippen molar-refractivity contribution in [1.82, 2.24) is 10.3 Å². The lowest BCUT2D eigenvalue weighted by atomic mass is 10.0. The molecule has 0 spiro atoms. The standard InChI is InChI=1S/C15H19N3O5/c16-15(23)14-10(2-4-13(22)17-8(6-19)7-20)11-5-9(21)1-3-12(11)18-14/h1,3,5,8,18-21H,2,4,6-7H2,(H2,16,23)(H,17,22). The first-order chi connectivity index (χ1) is 11.0. The van der Waals surface area contributed by atoms with Gasteiger partial charge in [-0.25, -0.2) is 0 Å². The summed E-state index contributed by atoms with van der Waals surface area (Å²) in [5.41, 5.74) is 6.72. The van der Waals surface area contributed by atoms with Gasteiger partial charge in [-0.3, -0.25) is 9.59 Å². The molecule has 1 heterocycles. The third kappa shape index (κ3) is 3.79. The summed E-state index contributed by atoms with van der Waals surface area (Å²) < 4.78 is 0. The summed E-state index contributed by atoms with van der Waals surface area (Å²) in [7, 11) is 0. The smallest absolute Gasteiger partial charge is 0.265 e. The Bertz CT molecular complexity index is 721.